The number of aromatic nitrogens is 2. The number of hydrogen-bond donors (Lipinski definition) is 2. The molecule has 1 aromatic heterocycles. The molecule has 0 radical (unpaired) electrons. The number of rotatable bonds is 4. The van der Waals surface area contributed by atoms with Gasteiger partial charge < -0.3 is 11.1 Å². The number of amides is 1. The highest BCUT2D eigenvalue weighted by molar-refractivity contribution is 7.16. The molecule has 2 aromatic rings. The highest BCUT2D eigenvalue weighted by Gasteiger charge is 2.11. The summed E-state index contributed by atoms with van der Waals surface area (Å²) in [5, 5.41) is 11.6. The van der Waals surface area contributed by atoms with Crippen LogP contribution in [0.2, 0.25) is 10.0 Å². The van der Waals surface area contributed by atoms with E-state index < -0.39 is 0 Å². The van der Waals surface area contributed by atoms with E-state index in [2.05, 4.69) is 15.5 Å². The number of nitrogens with two attached hydrogens (primary N) is 1. The van der Waals surface area contributed by atoms with Crippen LogP contribution in [-0.2, 0) is 6.42 Å². The molecule has 0 aliphatic carbocycles. The van der Waals surface area contributed by atoms with Crippen molar-refractivity contribution < 1.29 is 4.79 Å². The van der Waals surface area contributed by atoms with Gasteiger partial charge in [0.2, 0.25) is 10.1 Å². The Hall–Kier alpha value is -1.37. The van der Waals surface area contributed by atoms with Gasteiger partial charge in [0.05, 0.1) is 0 Å². The van der Waals surface area contributed by atoms with Crippen LogP contribution in [-0.4, -0.2) is 22.6 Å². The number of carbonyl (C=O) groups excluding carboxylic acids is 1. The van der Waals surface area contributed by atoms with Gasteiger partial charge in [-0.3, -0.25) is 4.79 Å². The van der Waals surface area contributed by atoms with E-state index in [4.69, 9.17) is 28.9 Å². The second-order valence-electron chi connectivity index (χ2n) is 3.69. The zero-order valence-electron chi connectivity index (χ0n) is 9.69. The fraction of sp³-hybridized carbons (Fsp3) is 0.182. The molecule has 2 rings (SSSR count). The standard InChI is InChI=1S/C11H10Cl2N4OS/c12-7-2-1-6(8(13)5-7)3-4-15-9(18)10-16-17-11(14)19-10/h1-2,5H,3-4H2,(H2,14,17)(H,15,18). The average Bonchev–Trinajstić information content (AvgIpc) is 2.78. The van der Waals surface area contributed by atoms with Gasteiger partial charge in [-0.15, -0.1) is 10.2 Å². The molecule has 3 N–H and O–H groups in total. The summed E-state index contributed by atoms with van der Waals surface area (Å²) >= 11 is 12.9. The summed E-state index contributed by atoms with van der Waals surface area (Å²) in [7, 11) is 0. The number of hydrogen-bond acceptors (Lipinski definition) is 5. The van der Waals surface area contributed by atoms with E-state index in [1.165, 1.54) is 0 Å². The van der Waals surface area contributed by atoms with Crippen LogP contribution in [0.3, 0.4) is 0 Å². The maximum absolute atomic E-state index is 11.7. The van der Waals surface area contributed by atoms with Gasteiger partial charge in [-0.2, -0.15) is 0 Å². The lowest BCUT2D eigenvalue weighted by atomic mass is 10.1. The lowest BCUT2D eigenvalue weighted by Crippen LogP contribution is -2.25. The zero-order chi connectivity index (χ0) is 13.8. The second-order valence-corrected chi connectivity index (χ2v) is 5.54. The minimum absolute atomic E-state index is 0.250. The fourth-order valence-electron chi connectivity index (χ4n) is 1.44. The highest BCUT2D eigenvalue weighted by Crippen LogP contribution is 2.21. The quantitative estimate of drug-likeness (QED) is 0.907. The van der Waals surface area contributed by atoms with Crippen LogP contribution in [0.1, 0.15) is 15.4 Å². The summed E-state index contributed by atoms with van der Waals surface area (Å²) in [6.07, 6.45) is 0.607. The predicted octanol–water partition coefficient (Wildman–Crippen LogP) is 2.40. The van der Waals surface area contributed by atoms with Crippen molar-refractivity contribution in [2.24, 2.45) is 0 Å². The number of nitrogen functional groups attached to an aromatic ring is 1. The monoisotopic (exact) mass is 316 g/mol. The summed E-state index contributed by atoms with van der Waals surface area (Å²) < 4.78 is 0. The molecule has 19 heavy (non-hydrogen) atoms. The van der Waals surface area contributed by atoms with Gasteiger partial charge in [0, 0.05) is 16.6 Å². The van der Waals surface area contributed by atoms with Crippen molar-refractivity contribution in [1.82, 2.24) is 15.5 Å². The smallest absolute Gasteiger partial charge is 0.282 e. The van der Waals surface area contributed by atoms with Crippen molar-refractivity contribution in [3.05, 3.63) is 38.8 Å². The van der Waals surface area contributed by atoms with Crippen LogP contribution in [0.5, 0.6) is 0 Å². The van der Waals surface area contributed by atoms with Crippen molar-refractivity contribution in [3.8, 4) is 0 Å². The summed E-state index contributed by atoms with van der Waals surface area (Å²) in [5.41, 5.74) is 6.32. The van der Waals surface area contributed by atoms with Crippen LogP contribution < -0.4 is 11.1 Å². The Kier molecular flexibility index (Phi) is 4.57. The molecule has 1 heterocycles. The van der Waals surface area contributed by atoms with Crippen LogP contribution in [0.25, 0.3) is 0 Å². The number of nitrogens with zero attached hydrogens (tertiary/aromatic N) is 2. The first kappa shape index (κ1) is 14.0. The number of carbonyl (C=O) groups is 1. The largest absolute Gasteiger partial charge is 0.374 e. The van der Waals surface area contributed by atoms with E-state index in [1.807, 2.05) is 6.07 Å². The molecule has 0 aliphatic heterocycles. The highest BCUT2D eigenvalue weighted by atomic mass is 35.5. The van der Waals surface area contributed by atoms with Gasteiger partial charge >= 0.3 is 0 Å². The molecular weight excluding hydrogens is 307 g/mol. The van der Waals surface area contributed by atoms with E-state index in [-0.39, 0.29) is 16.0 Å². The van der Waals surface area contributed by atoms with Crippen molar-refractivity contribution in [3.63, 3.8) is 0 Å². The molecule has 0 atom stereocenters. The molecule has 5 nitrogen and oxygen atoms in total. The number of anilines is 1. The van der Waals surface area contributed by atoms with Crippen LogP contribution in [0, 0.1) is 0 Å². The third-order valence-electron chi connectivity index (χ3n) is 2.33. The van der Waals surface area contributed by atoms with E-state index in [9.17, 15) is 4.79 Å². The predicted molar refractivity (Wildman–Crippen MR) is 76.8 cm³/mol. The Bertz CT molecular complexity index is 602. The van der Waals surface area contributed by atoms with Crippen molar-refractivity contribution in [2.75, 3.05) is 12.3 Å². The molecule has 0 aliphatic rings. The van der Waals surface area contributed by atoms with E-state index >= 15 is 0 Å². The van der Waals surface area contributed by atoms with E-state index in [1.54, 1.807) is 12.1 Å². The lowest BCUT2D eigenvalue weighted by Gasteiger charge is -2.05. The molecule has 0 saturated carbocycles. The average molecular weight is 317 g/mol. The fourth-order valence-corrected chi connectivity index (χ4v) is 2.47. The minimum Gasteiger partial charge on any atom is -0.374 e. The Labute approximate surface area is 123 Å². The maximum atomic E-state index is 11.7. The van der Waals surface area contributed by atoms with Gasteiger partial charge in [0.25, 0.3) is 5.91 Å². The molecule has 100 valence electrons. The molecule has 1 amide bonds. The molecular formula is C11H10Cl2N4OS. The first-order valence-corrected chi connectivity index (χ1v) is 6.94. The first-order chi connectivity index (χ1) is 9.06. The Morgan fingerprint density at radius 2 is 2.16 bits per heavy atom. The van der Waals surface area contributed by atoms with Crippen LogP contribution in [0.4, 0.5) is 5.13 Å². The third-order valence-corrected chi connectivity index (χ3v) is 3.67. The lowest BCUT2D eigenvalue weighted by molar-refractivity contribution is 0.0953. The molecule has 0 unspecified atom stereocenters. The van der Waals surface area contributed by atoms with Gasteiger partial charge in [0.15, 0.2) is 0 Å². The van der Waals surface area contributed by atoms with Gasteiger partial charge in [0.1, 0.15) is 0 Å². The second kappa shape index (κ2) is 6.18. The normalized spacial score (nSPS) is 10.4. The molecule has 0 bridgehead atoms. The number of halogens is 2. The molecule has 1 aromatic carbocycles. The molecule has 0 fully saturated rings. The summed E-state index contributed by atoms with van der Waals surface area (Å²) in [5.74, 6) is -0.292. The van der Waals surface area contributed by atoms with E-state index in [0.717, 1.165) is 16.9 Å². The number of benzene rings is 1. The summed E-state index contributed by atoms with van der Waals surface area (Å²) in [6, 6.07) is 5.27. The van der Waals surface area contributed by atoms with Gasteiger partial charge in [-0.1, -0.05) is 40.6 Å². The molecule has 0 spiro atoms. The third kappa shape index (κ3) is 3.79. The summed E-state index contributed by atoms with van der Waals surface area (Å²) in [4.78, 5) is 11.7. The van der Waals surface area contributed by atoms with Crippen LogP contribution >= 0.6 is 34.5 Å². The van der Waals surface area contributed by atoms with Gasteiger partial charge in [-0.05, 0) is 24.1 Å². The maximum Gasteiger partial charge on any atom is 0.282 e. The van der Waals surface area contributed by atoms with Crippen LogP contribution in [0.15, 0.2) is 18.2 Å². The Morgan fingerprint density at radius 1 is 1.37 bits per heavy atom. The van der Waals surface area contributed by atoms with Crippen molar-refractivity contribution >= 4 is 45.6 Å². The molecule has 8 heteroatoms. The number of nitrogens with one attached hydrogen (secondary N) is 1. The summed E-state index contributed by atoms with van der Waals surface area (Å²) in [6.45, 7) is 0.444. The van der Waals surface area contributed by atoms with Gasteiger partial charge in [-0.25, -0.2) is 0 Å². The topological polar surface area (TPSA) is 80.9 Å². The molecule has 0 saturated heterocycles. The van der Waals surface area contributed by atoms with Crippen molar-refractivity contribution in [2.45, 2.75) is 6.42 Å². The Morgan fingerprint density at radius 3 is 2.79 bits per heavy atom. The minimum atomic E-state index is -0.292. The van der Waals surface area contributed by atoms with Crippen molar-refractivity contribution in [1.29, 1.82) is 0 Å². The van der Waals surface area contributed by atoms with E-state index in [0.29, 0.717) is 23.0 Å². The SMILES string of the molecule is Nc1nnc(C(=O)NCCc2ccc(Cl)cc2Cl)s1. The zero-order valence-corrected chi connectivity index (χ0v) is 12.0. The first-order valence-electron chi connectivity index (χ1n) is 5.37. The Balaban J connectivity index is 1.88.